The van der Waals surface area contributed by atoms with Gasteiger partial charge in [0.05, 0.1) is 6.10 Å². The van der Waals surface area contributed by atoms with Crippen molar-refractivity contribution in [1.29, 1.82) is 0 Å². The van der Waals surface area contributed by atoms with Crippen LogP contribution in [0.25, 0.3) is 0 Å². The van der Waals surface area contributed by atoms with Crippen LogP contribution in [0, 0.1) is 5.82 Å². The number of hydrogen-bond acceptors (Lipinski definition) is 2. The zero-order valence-electron chi connectivity index (χ0n) is 9.74. The fourth-order valence-electron chi connectivity index (χ4n) is 1.24. The van der Waals surface area contributed by atoms with E-state index in [0.717, 1.165) is 5.56 Å². The summed E-state index contributed by atoms with van der Waals surface area (Å²) in [5.41, 5.74) is 0.831. The van der Waals surface area contributed by atoms with Gasteiger partial charge in [-0.05, 0) is 31.0 Å². The quantitative estimate of drug-likeness (QED) is 0.728. The molecule has 94 valence electrons. The summed E-state index contributed by atoms with van der Waals surface area (Å²) >= 11 is 0. The Morgan fingerprint density at radius 3 is 2.59 bits per heavy atom. The third kappa shape index (κ3) is 5.87. The highest BCUT2D eigenvalue weighted by Gasteiger charge is 2.01. The van der Waals surface area contributed by atoms with Gasteiger partial charge in [0.15, 0.2) is 0 Å². The minimum absolute atomic E-state index is 0.296. The Morgan fingerprint density at radius 1 is 1.35 bits per heavy atom. The molecule has 1 atom stereocenters. The van der Waals surface area contributed by atoms with Crippen LogP contribution >= 0.6 is 0 Å². The number of carbonyl (C=O) groups is 1. The van der Waals surface area contributed by atoms with Gasteiger partial charge in [-0.25, -0.2) is 9.18 Å². The van der Waals surface area contributed by atoms with Crippen molar-refractivity contribution in [2.45, 2.75) is 26.0 Å². The van der Waals surface area contributed by atoms with Gasteiger partial charge in [0.25, 0.3) is 0 Å². The summed E-state index contributed by atoms with van der Waals surface area (Å²) in [7, 11) is 0. The van der Waals surface area contributed by atoms with Crippen LogP contribution in [0.4, 0.5) is 9.18 Å². The van der Waals surface area contributed by atoms with Crippen molar-refractivity contribution >= 4 is 6.03 Å². The number of benzene rings is 1. The molecule has 17 heavy (non-hydrogen) atoms. The highest BCUT2D eigenvalue weighted by atomic mass is 19.1. The zero-order valence-corrected chi connectivity index (χ0v) is 9.74. The van der Waals surface area contributed by atoms with E-state index in [9.17, 15) is 9.18 Å². The summed E-state index contributed by atoms with van der Waals surface area (Å²) in [5.74, 6) is -0.296. The van der Waals surface area contributed by atoms with Gasteiger partial charge >= 0.3 is 6.03 Å². The normalized spacial score (nSPS) is 11.9. The van der Waals surface area contributed by atoms with Gasteiger partial charge in [0.2, 0.25) is 0 Å². The van der Waals surface area contributed by atoms with E-state index in [1.165, 1.54) is 12.1 Å². The lowest BCUT2D eigenvalue weighted by Crippen LogP contribution is -2.36. The Balaban J connectivity index is 2.21. The number of urea groups is 1. The molecule has 1 aromatic carbocycles. The second-order valence-electron chi connectivity index (χ2n) is 3.87. The Labute approximate surface area is 99.8 Å². The summed E-state index contributed by atoms with van der Waals surface area (Å²) < 4.78 is 12.6. The van der Waals surface area contributed by atoms with Crippen LogP contribution in [0.1, 0.15) is 18.9 Å². The van der Waals surface area contributed by atoms with Gasteiger partial charge in [-0.15, -0.1) is 0 Å². The number of amides is 2. The molecule has 0 fully saturated rings. The van der Waals surface area contributed by atoms with E-state index in [2.05, 4.69) is 10.6 Å². The molecule has 4 nitrogen and oxygen atoms in total. The average Bonchev–Trinajstić information content (AvgIpc) is 2.28. The highest BCUT2D eigenvalue weighted by Crippen LogP contribution is 2.01. The first kappa shape index (κ1) is 13.4. The molecule has 0 spiro atoms. The molecule has 0 bridgehead atoms. The van der Waals surface area contributed by atoms with Crippen molar-refractivity contribution < 1.29 is 14.3 Å². The predicted molar refractivity (Wildman–Crippen MR) is 62.9 cm³/mol. The van der Waals surface area contributed by atoms with Crippen molar-refractivity contribution in [2.24, 2.45) is 0 Å². The molecular weight excluding hydrogens is 223 g/mol. The fourth-order valence-corrected chi connectivity index (χ4v) is 1.24. The molecule has 0 heterocycles. The van der Waals surface area contributed by atoms with Crippen molar-refractivity contribution in [3.8, 4) is 0 Å². The molecule has 0 saturated carbocycles. The lowest BCUT2D eigenvalue weighted by molar-refractivity contribution is 0.183. The van der Waals surface area contributed by atoms with E-state index in [-0.39, 0.29) is 11.8 Å². The van der Waals surface area contributed by atoms with Crippen LogP contribution in [0.5, 0.6) is 0 Å². The number of carbonyl (C=O) groups excluding carboxylic acids is 1. The average molecular weight is 240 g/mol. The minimum atomic E-state index is -0.424. The summed E-state index contributed by atoms with van der Waals surface area (Å²) in [6, 6.07) is 5.64. The largest absolute Gasteiger partial charge is 0.393 e. The van der Waals surface area contributed by atoms with Crippen LogP contribution in [-0.4, -0.2) is 23.8 Å². The van der Waals surface area contributed by atoms with Gasteiger partial charge in [0, 0.05) is 13.1 Å². The Kier molecular flexibility index (Phi) is 5.42. The van der Waals surface area contributed by atoms with Crippen molar-refractivity contribution in [3.63, 3.8) is 0 Å². The number of nitrogens with one attached hydrogen (secondary N) is 2. The lowest BCUT2D eigenvalue weighted by Gasteiger charge is -2.08. The van der Waals surface area contributed by atoms with Crippen molar-refractivity contribution in [3.05, 3.63) is 35.6 Å². The van der Waals surface area contributed by atoms with E-state index in [1.54, 1.807) is 19.1 Å². The second kappa shape index (κ2) is 6.85. The fraction of sp³-hybridized carbons (Fsp3) is 0.417. The summed E-state index contributed by atoms with van der Waals surface area (Å²) in [4.78, 5) is 11.3. The number of hydrogen-bond donors (Lipinski definition) is 3. The van der Waals surface area contributed by atoms with Gasteiger partial charge < -0.3 is 15.7 Å². The first-order chi connectivity index (χ1) is 8.08. The molecule has 1 aromatic rings. The SMILES string of the molecule is CC(O)CCNC(=O)NCc1ccc(F)cc1. The summed E-state index contributed by atoms with van der Waals surface area (Å²) in [6.45, 7) is 2.44. The van der Waals surface area contributed by atoms with Crippen molar-refractivity contribution in [1.82, 2.24) is 10.6 Å². The van der Waals surface area contributed by atoms with Gasteiger partial charge in [-0.2, -0.15) is 0 Å². The monoisotopic (exact) mass is 240 g/mol. The maximum atomic E-state index is 12.6. The number of rotatable bonds is 5. The maximum absolute atomic E-state index is 12.6. The smallest absolute Gasteiger partial charge is 0.315 e. The third-order valence-electron chi connectivity index (χ3n) is 2.21. The number of aliphatic hydroxyl groups is 1. The molecule has 1 unspecified atom stereocenters. The summed E-state index contributed by atoms with van der Waals surface area (Å²) in [5, 5.41) is 14.2. The van der Waals surface area contributed by atoms with E-state index in [0.29, 0.717) is 19.5 Å². The van der Waals surface area contributed by atoms with Crippen LogP contribution in [-0.2, 0) is 6.54 Å². The number of aliphatic hydroxyl groups excluding tert-OH is 1. The van der Waals surface area contributed by atoms with E-state index >= 15 is 0 Å². The van der Waals surface area contributed by atoms with E-state index in [1.807, 2.05) is 0 Å². The molecule has 0 aliphatic rings. The first-order valence-electron chi connectivity index (χ1n) is 5.52. The number of halogens is 1. The van der Waals surface area contributed by atoms with Gasteiger partial charge in [-0.1, -0.05) is 12.1 Å². The molecule has 2 amide bonds. The molecule has 3 N–H and O–H groups in total. The van der Waals surface area contributed by atoms with Crippen LogP contribution < -0.4 is 10.6 Å². The Bertz CT molecular complexity index is 352. The molecule has 0 saturated heterocycles. The Hall–Kier alpha value is -1.62. The molecule has 5 heteroatoms. The topological polar surface area (TPSA) is 61.4 Å². The maximum Gasteiger partial charge on any atom is 0.315 e. The van der Waals surface area contributed by atoms with Crippen LogP contribution in [0.3, 0.4) is 0 Å². The lowest BCUT2D eigenvalue weighted by atomic mass is 10.2. The third-order valence-corrected chi connectivity index (χ3v) is 2.21. The van der Waals surface area contributed by atoms with E-state index in [4.69, 9.17) is 5.11 Å². The molecule has 0 aliphatic heterocycles. The molecule has 0 aromatic heterocycles. The first-order valence-corrected chi connectivity index (χ1v) is 5.52. The minimum Gasteiger partial charge on any atom is -0.393 e. The van der Waals surface area contributed by atoms with E-state index < -0.39 is 6.10 Å². The van der Waals surface area contributed by atoms with Crippen molar-refractivity contribution in [2.75, 3.05) is 6.54 Å². The van der Waals surface area contributed by atoms with Gasteiger partial charge in [-0.3, -0.25) is 0 Å². The summed E-state index contributed by atoms with van der Waals surface area (Å²) in [6.07, 6.45) is 0.0941. The standard InChI is InChI=1S/C12H17FN2O2/c1-9(16)6-7-14-12(17)15-8-10-2-4-11(13)5-3-10/h2-5,9,16H,6-8H2,1H3,(H2,14,15,17). The van der Waals surface area contributed by atoms with Gasteiger partial charge in [0.1, 0.15) is 5.82 Å². The molecule has 0 aliphatic carbocycles. The molecular formula is C12H17FN2O2. The molecule has 1 rings (SSSR count). The highest BCUT2D eigenvalue weighted by molar-refractivity contribution is 5.73. The Morgan fingerprint density at radius 2 is 2.00 bits per heavy atom. The van der Waals surface area contributed by atoms with Crippen LogP contribution in [0.15, 0.2) is 24.3 Å². The predicted octanol–water partition coefficient (Wildman–Crippen LogP) is 1.40. The van der Waals surface area contributed by atoms with Crippen LogP contribution in [0.2, 0.25) is 0 Å². The zero-order chi connectivity index (χ0) is 12.7. The second-order valence-corrected chi connectivity index (χ2v) is 3.87. The molecule has 0 radical (unpaired) electrons.